The third-order valence-electron chi connectivity index (χ3n) is 4.99. The molecule has 1 aromatic heterocycles. The molecule has 0 spiro atoms. The molecule has 0 amide bonds. The Morgan fingerprint density at radius 1 is 1.25 bits per heavy atom. The summed E-state index contributed by atoms with van der Waals surface area (Å²) in [6.07, 6.45) is 0.638. The van der Waals surface area contributed by atoms with Crippen molar-refractivity contribution in [3.63, 3.8) is 0 Å². The minimum absolute atomic E-state index is 0.156. The van der Waals surface area contributed by atoms with Crippen molar-refractivity contribution in [1.29, 1.82) is 0 Å². The Labute approximate surface area is 161 Å². The fourth-order valence-electron chi connectivity index (χ4n) is 3.42. The Hall–Kier alpha value is -3.19. The standard InChI is InChI=1S/C21H21FN4O2/c1-28-16-7-4-14(18(22)10-16)11-26-9-8-19-17(12-26)21(27)25-20(24-19)13-2-5-15(23)6-3-13/h2-7,10H,8-9,11-12,23H2,1H3,(H,24,25,27). The van der Waals surface area contributed by atoms with E-state index in [4.69, 9.17) is 10.5 Å². The van der Waals surface area contributed by atoms with Gasteiger partial charge in [0.25, 0.3) is 5.56 Å². The number of halogens is 1. The van der Waals surface area contributed by atoms with Crippen LogP contribution in [0.1, 0.15) is 16.8 Å². The molecular weight excluding hydrogens is 359 g/mol. The summed E-state index contributed by atoms with van der Waals surface area (Å²) >= 11 is 0. The molecule has 28 heavy (non-hydrogen) atoms. The maximum Gasteiger partial charge on any atom is 0.255 e. The van der Waals surface area contributed by atoms with Gasteiger partial charge in [-0.3, -0.25) is 9.69 Å². The number of hydrogen-bond acceptors (Lipinski definition) is 5. The molecule has 0 saturated carbocycles. The van der Waals surface area contributed by atoms with E-state index in [-0.39, 0.29) is 11.4 Å². The van der Waals surface area contributed by atoms with Crippen molar-refractivity contribution in [1.82, 2.24) is 14.9 Å². The zero-order valence-electron chi connectivity index (χ0n) is 15.5. The second-order valence-corrected chi connectivity index (χ2v) is 6.88. The molecular formula is C21H21FN4O2. The Morgan fingerprint density at radius 2 is 2.04 bits per heavy atom. The van der Waals surface area contributed by atoms with Crippen LogP contribution in [0.2, 0.25) is 0 Å². The number of H-pyrrole nitrogens is 1. The molecule has 1 aliphatic heterocycles. The summed E-state index contributed by atoms with van der Waals surface area (Å²) in [4.78, 5) is 22.2. The van der Waals surface area contributed by atoms with Crippen LogP contribution in [0.15, 0.2) is 47.3 Å². The SMILES string of the molecule is COc1ccc(CN2CCc3nc(-c4ccc(N)cc4)[nH]c(=O)c3C2)c(F)c1. The molecule has 1 aliphatic rings. The second kappa shape index (κ2) is 7.44. The maximum atomic E-state index is 14.2. The van der Waals surface area contributed by atoms with E-state index in [1.165, 1.54) is 13.2 Å². The highest BCUT2D eigenvalue weighted by Crippen LogP contribution is 2.22. The summed E-state index contributed by atoms with van der Waals surface area (Å²) in [7, 11) is 1.51. The van der Waals surface area contributed by atoms with Crippen molar-refractivity contribution < 1.29 is 9.13 Å². The van der Waals surface area contributed by atoms with E-state index >= 15 is 0 Å². The third kappa shape index (κ3) is 3.61. The summed E-state index contributed by atoms with van der Waals surface area (Å²) in [5.41, 5.74) is 9.05. The van der Waals surface area contributed by atoms with Crippen LogP contribution < -0.4 is 16.0 Å². The highest BCUT2D eigenvalue weighted by Gasteiger charge is 2.22. The van der Waals surface area contributed by atoms with Crippen LogP contribution in [0.4, 0.5) is 10.1 Å². The van der Waals surface area contributed by atoms with Gasteiger partial charge < -0.3 is 15.5 Å². The number of nitrogens with two attached hydrogens (primary N) is 1. The molecule has 3 N–H and O–H groups in total. The van der Waals surface area contributed by atoms with Crippen LogP contribution in [0.25, 0.3) is 11.4 Å². The van der Waals surface area contributed by atoms with Crippen LogP contribution in [-0.2, 0) is 19.5 Å². The molecule has 0 unspecified atom stereocenters. The number of ether oxygens (including phenoxy) is 1. The zero-order valence-corrected chi connectivity index (χ0v) is 15.5. The molecule has 0 atom stereocenters. The molecule has 4 rings (SSSR count). The number of benzene rings is 2. The number of nitrogens with zero attached hydrogens (tertiary/aromatic N) is 2. The fourth-order valence-corrected chi connectivity index (χ4v) is 3.42. The van der Waals surface area contributed by atoms with E-state index in [0.717, 1.165) is 11.3 Å². The predicted molar refractivity (Wildman–Crippen MR) is 105 cm³/mol. The molecule has 3 aromatic rings. The van der Waals surface area contributed by atoms with Crippen molar-refractivity contribution in [2.45, 2.75) is 19.5 Å². The lowest BCUT2D eigenvalue weighted by atomic mass is 10.0. The number of nitrogens with one attached hydrogen (secondary N) is 1. The van der Waals surface area contributed by atoms with Crippen molar-refractivity contribution >= 4 is 5.69 Å². The van der Waals surface area contributed by atoms with Gasteiger partial charge in [-0.25, -0.2) is 9.37 Å². The fraction of sp³-hybridized carbons (Fsp3) is 0.238. The Bertz CT molecular complexity index is 1060. The van der Waals surface area contributed by atoms with E-state index in [1.807, 2.05) is 17.0 Å². The summed E-state index contributed by atoms with van der Waals surface area (Å²) in [5.74, 6) is 0.718. The number of nitrogen functional groups attached to an aromatic ring is 1. The topological polar surface area (TPSA) is 84.2 Å². The molecule has 144 valence electrons. The lowest BCUT2D eigenvalue weighted by molar-refractivity contribution is 0.238. The molecule has 2 aromatic carbocycles. The van der Waals surface area contributed by atoms with Gasteiger partial charge in [0, 0.05) is 48.9 Å². The maximum absolute atomic E-state index is 14.2. The first kappa shape index (κ1) is 18.2. The molecule has 0 bridgehead atoms. The van der Waals surface area contributed by atoms with Crippen molar-refractivity contribution in [3.05, 3.63) is 75.5 Å². The van der Waals surface area contributed by atoms with E-state index in [0.29, 0.717) is 54.4 Å². The highest BCUT2D eigenvalue weighted by atomic mass is 19.1. The first-order chi connectivity index (χ1) is 13.5. The average Bonchev–Trinajstić information content (AvgIpc) is 2.70. The van der Waals surface area contributed by atoms with Crippen LogP contribution in [-0.4, -0.2) is 28.5 Å². The minimum atomic E-state index is -0.309. The highest BCUT2D eigenvalue weighted by molar-refractivity contribution is 5.58. The van der Waals surface area contributed by atoms with Crippen LogP contribution in [0.5, 0.6) is 5.75 Å². The first-order valence-corrected chi connectivity index (χ1v) is 9.06. The van der Waals surface area contributed by atoms with Crippen LogP contribution in [0.3, 0.4) is 0 Å². The Balaban J connectivity index is 1.56. The number of anilines is 1. The largest absolute Gasteiger partial charge is 0.497 e. The van der Waals surface area contributed by atoms with Gasteiger partial charge in [-0.15, -0.1) is 0 Å². The van der Waals surface area contributed by atoms with Gasteiger partial charge in [-0.1, -0.05) is 6.07 Å². The summed E-state index contributed by atoms with van der Waals surface area (Å²) in [6, 6.07) is 12.1. The van der Waals surface area contributed by atoms with Gasteiger partial charge >= 0.3 is 0 Å². The second-order valence-electron chi connectivity index (χ2n) is 6.88. The summed E-state index contributed by atoms with van der Waals surface area (Å²) in [6.45, 7) is 1.57. The Kier molecular flexibility index (Phi) is 4.83. The third-order valence-corrected chi connectivity index (χ3v) is 4.99. The Morgan fingerprint density at radius 3 is 2.75 bits per heavy atom. The number of fused-ring (bicyclic) bond motifs is 1. The van der Waals surface area contributed by atoms with Gasteiger partial charge in [0.15, 0.2) is 0 Å². The summed E-state index contributed by atoms with van der Waals surface area (Å²) in [5, 5.41) is 0. The van der Waals surface area contributed by atoms with E-state index in [2.05, 4.69) is 9.97 Å². The molecule has 2 heterocycles. The monoisotopic (exact) mass is 380 g/mol. The molecule has 0 fully saturated rings. The van der Waals surface area contributed by atoms with Crippen LogP contribution in [0, 0.1) is 5.82 Å². The van der Waals surface area contributed by atoms with Crippen molar-refractivity contribution in [3.8, 4) is 17.1 Å². The van der Waals surface area contributed by atoms with Gasteiger partial charge in [0.2, 0.25) is 0 Å². The van der Waals surface area contributed by atoms with E-state index in [1.54, 1.807) is 24.3 Å². The number of methoxy groups -OCH3 is 1. The molecule has 6 nitrogen and oxygen atoms in total. The van der Waals surface area contributed by atoms with Gasteiger partial charge in [0.1, 0.15) is 17.4 Å². The zero-order chi connectivity index (χ0) is 19.7. The number of aromatic amines is 1. The van der Waals surface area contributed by atoms with Gasteiger partial charge in [-0.05, 0) is 30.3 Å². The minimum Gasteiger partial charge on any atom is -0.497 e. The molecule has 0 saturated heterocycles. The lowest BCUT2D eigenvalue weighted by Gasteiger charge is -2.28. The molecule has 0 radical (unpaired) electrons. The average molecular weight is 380 g/mol. The summed E-state index contributed by atoms with van der Waals surface area (Å²) < 4.78 is 19.3. The quantitative estimate of drug-likeness (QED) is 0.680. The number of hydrogen-bond donors (Lipinski definition) is 2. The van der Waals surface area contributed by atoms with Crippen molar-refractivity contribution in [2.24, 2.45) is 0 Å². The molecule has 0 aliphatic carbocycles. The van der Waals surface area contributed by atoms with Crippen LogP contribution >= 0.6 is 0 Å². The van der Waals surface area contributed by atoms with E-state index in [9.17, 15) is 9.18 Å². The normalized spacial score (nSPS) is 13.9. The van der Waals surface area contributed by atoms with Gasteiger partial charge in [0.05, 0.1) is 18.4 Å². The lowest BCUT2D eigenvalue weighted by Crippen LogP contribution is -2.35. The smallest absolute Gasteiger partial charge is 0.255 e. The number of rotatable bonds is 4. The predicted octanol–water partition coefficient (Wildman–Crippen LogP) is 2.73. The number of aromatic nitrogens is 2. The van der Waals surface area contributed by atoms with E-state index < -0.39 is 0 Å². The first-order valence-electron chi connectivity index (χ1n) is 9.06. The van der Waals surface area contributed by atoms with Crippen molar-refractivity contribution in [2.75, 3.05) is 19.4 Å². The van der Waals surface area contributed by atoms with Gasteiger partial charge in [-0.2, -0.15) is 0 Å². The molecule has 7 heteroatoms.